The van der Waals surface area contributed by atoms with Crippen molar-refractivity contribution in [3.8, 4) is 0 Å². The van der Waals surface area contributed by atoms with Gasteiger partial charge in [0.2, 0.25) is 0 Å². The summed E-state index contributed by atoms with van der Waals surface area (Å²) in [6.07, 6.45) is 14.0. The fraction of sp³-hybridized carbons (Fsp3) is 1.00. The SMILES string of the molecule is CCC1CCCCC1NN[C@H]1CCCC[C@@H]1CC. The van der Waals surface area contributed by atoms with Crippen molar-refractivity contribution in [1.29, 1.82) is 0 Å². The highest BCUT2D eigenvalue weighted by Gasteiger charge is 2.27. The topological polar surface area (TPSA) is 24.1 Å². The van der Waals surface area contributed by atoms with Crippen molar-refractivity contribution in [3.63, 3.8) is 0 Å². The van der Waals surface area contributed by atoms with E-state index in [2.05, 4.69) is 24.7 Å². The second-order valence-corrected chi connectivity index (χ2v) is 6.41. The smallest absolute Gasteiger partial charge is 0.0241 e. The molecule has 0 aliphatic heterocycles. The second kappa shape index (κ2) is 7.49. The Bertz CT molecular complexity index is 205. The quantitative estimate of drug-likeness (QED) is 0.722. The molecule has 0 radical (unpaired) electrons. The van der Waals surface area contributed by atoms with Crippen LogP contribution in [0.25, 0.3) is 0 Å². The number of hydrogen-bond donors (Lipinski definition) is 2. The zero-order valence-electron chi connectivity index (χ0n) is 12.4. The first-order valence-corrected chi connectivity index (χ1v) is 8.36. The van der Waals surface area contributed by atoms with Crippen molar-refractivity contribution in [2.75, 3.05) is 0 Å². The lowest BCUT2D eigenvalue weighted by Crippen LogP contribution is -2.53. The van der Waals surface area contributed by atoms with Gasteiger partial charge in [-0.25, -0.2) is 0 Å². The molecule has 4 atom stereocenters. The van der Waals surface area contributed by atoms with Crippen LogP contribution in [0.3, 0.4) is 0 Å². The van der Waals surface area contributed by atoms with Gasteiger partial charge in [0, 0.05) is 12.1 Å². The van der Waals surface area contributed by atoms with Gasteiger partial charge in [-0.15, -0.1) is 0 Å². The summed E-state index contributed by atoms with van der Waals surface area (Å²) >= 11 is 0. The van der Waals surface area contributed by atoms with E-state index in [1.807, 2.05) is 0 Å². The molecule has 2 rings (SSSR count). The van der Waals surface area contributed by atoms with E-state index < -0.39 is 0 Å². The Morgan fingerprint density at radius 3 is 1.44 bits per heavy atom. The van der Waals surface area contributed by atoms with Crippen molar-refractivity contribution < 1.29 is 0 Å². The summed E-state index contributed by atoms with van der Waals surface area (Å²) in [6.45, 7) is 4.69. The molecule has 2 N–H and O–H groups in total. The highest BCUT2D eigenvalue weighted by atomic mass is 15.4. The van der Waals surface area contributed by atoms with E-state index in [-0.39, 0.29) is 0 Å². The van der Waals surface area contributed by atoms with Crippen LogP contribution in [-0.2, 0) is 0 Å². The van der Waals surface area contributed by atoms with E-state index in [0.717, 1.165) is 23.9 Å². The summed E-state index contributed by atoms with van der Waals surface area (Å²) in [4.78, 5) is 0. The van der Waals surface area contributed by atoms with Crippen LogP contribution in [0.1, 0.15) is 78.1 Å². The molecule has 18 heavy (non-hydrogen) atoms. The predicted octanol–water partition coefficient (Wildman–Crippen LogP) is 4.02. The van der Waals surface area contributed by atoms with E-state index in [4.69, 9.17) is 0 Å². The van der Waals surface area contributed by atoms with Crippen molar-refractivity contribution in [2.45, 2.75) is 90.1 Å². The minimum Gasteiger partial charge on any atom is -0.254 e. The normalized spacial score (nSPS) is 37.7. The summed E-state index contributed by atoms with van der Waals surface area (Å²) in [7, 11) is 0. The van der Waals surface area contributed by atoms with Gasteiger partial charge in [-0.1, -0.05) is 52.4 Å². The number of hydrogen-bond acceptors (Lipinski definition) is 2. The van der Waals surface area contributed by atoms with Crippen LogP contribution in [0, 0.1) is 11.8 Å². The van der Waals surface area contributed by atoms with Crippen LogP contribution in [0.15, 0.2) is 0 Å². The molecule has 0 spiro atoms. The van der Waals surface area contributed by atoms with Gasteiger partial charge >= 0.3 is 0 Å². The van der Waals surface area contributed by atoms with Crippen LogP contribution < -0.4 is 10.9 Å². The monoisotopic (exact) mass is 252 g/mol. The molecule has 0 aromatic carbocycles. The van der Waals surface area contributed by atoms with Crippen LogP contribution in [0.2, 0.25) is 0 Å². The third kappa shape index (κ3) is 3.71. The third-order valence-electron chi connectivity index (χ3n) is 5.32. The van der Waals surface area contributed by atoms with Gasteiger partial charge in [0.25, 0.3) is 0 Å². The number of hydrazine groups is 1. The molecule has 2 heteroatoms. The summed E-state index contributed by atoms with van der Waals surface area (Å²) in [5, 5.41) is 0. The fourth-order valence-corrected chi connectivity index (χ4v) is 3.99. The molecule has 0 heterocycles. The number of nitrogens with one attached hydrogen (secondary N) is 2. The highest BCUT2D eigenvalue weighted by molar-refractivity contribution is 4.83. The summed E-state index contributed by atoms with van der Waals surface area (Å²) < 4.78 is 0. The molecule has 0 amide bonds. The van der Waals surface area contributed by atoms with E-state index in [9.17, 15) is 0 Å². The van der Waals surface area contributed by atoms with Gasteiger partial charge in [0.1, 0.15) is 0 Å². The Morgan fingerprint density at radius 2 is 1.06 bits per heavy atom. The van der Waals surface area contributed by atoms with Crippen LogP contribution in [0.4, 0.5) is 0 Å². The van der Waals surface area contributed by atoms with Crippen LogP contribution in [0.5, 0.6) is 0 Å². The van der Waals surface area contributed by atoms with Gasteiger partial charge in [-0.2, -0.15) is 0 Å². The minimum atomic E-state index is 0.725. The molecule has 0 aromatic heterocycles. The molecular formula is C16H32N2. The van der Waals surface area contributed by atoms with Crippen LogP contribution >= 0.6 is 0 Å². The van der Waals surface area contributed by atoms with Gasteiger partial charge in [-0.05, 0) is 37.5 Å². The Morgan fingerprint density at radius 1 is 0.667 bits per heavy atom. The lowest BCUT2D eigenvalue weighted by Gasteiger charge is -2.37. The number of rotatable bonds is 5. The first-order chi connectivity index (χ1) is 8.85. The van der Waals surface area contributed by atoms with Crippen molar-refractivity contribution in [2.24, 2.45) is 11.8 Å². The second-order valence-electron chi connectivity index (χ2n) is 6.41. The van der Waals surface area contributed by atoms with Gasteiger partial charge in [0.05, 0.1) is 0 Å². The standard InChI is InChI=1S/C16H32N2/c1-3-13-9-5-7-11-15(13)17-18-16-12-8-6-10-14(16)4-2/h13-18H,3-12H2,1-2H3/t13-,14?,15-,16?/m0/s1. The molecule has 2 aliphatic carbocycles. The predicted molar refractivity (Wildman–Crippen MR) is 78.3 cm³/mol. The Labute approximate surface area is 113 Å². The summed E-state index contributed by atoms with van der Waals surface area (Å²) in [5.74, 6) is 1.80. The minimum absolute atomic E-state index is 0.725. The molecular weight excluding hydrogens is 220 g/mol. The van der Waals surface area contributed by atoms with Crippen LogP contribution in [-0.4, -0.2) is 12.1 Å². The first kappa shape index (κ1) is 14.3. The largest absolute Gasteiger partial charge is 0.254 e. The van der Waals surface area contributed by atoms with Crippen molar-refractivity contribution >= 4 is 0 Å². The Kier molecular flexibility index (Phi) is 5.97. The maximum absolute atomic E-state index is 3.71. The molecule has 106 valence electrons. The molecule has 2 aliphatic rings. The van der Waals surface area contributed by atoms with E-state index in [1.165, 1.54) is 64.2 Å². The molecule has 0 bridgehead atoms. The lowest BCUT2D eigenvalue weighted by molar-refractivity contribution is 0.178. The molecule has 0 saturated heterocycles. The molecule has 2 nitrogen and oxygen atoms in total. The zero-order chi connectivity index (χ0) is 12.8. The Hall–Kier alpha value is -0.0800. The summed E-state index contributed by atoms with van der Waals surface area (Å²) in [5.41, 5.74) is 7.41. The maximum Gasteiger partial charge on any atom is 0.0241 e. The molecule has 2 unspecified atom stereocenters. The zero-order valence-corrected chi connectivity index (χ0v) is 12.4. The van der Waals surface area contributed by atoms with Gasteiger partial charge in [0.15, 0.2) is 0 Å². The average Bonchev–Trinajstić information content (AvgIpc) is 2.45. The van der Waals surface area contributed by atoms with Crippen molar-refractivity contribution in [3.05, 3.63) is 0 Å². The van der Waals surface area contributed by atoms with E-state index in [0.29, 0.717) is 0 Å². The average molecular weight is 252 g/mol. The van der Waals surface area contributed by atoms with Gasteiger partial charge in [-0.3, -0.25) is 10.9 Å². The highest BCUT2D eigenvalue weighted by Crippen LogP contribution is 2.28. The molecule has 2 saturated carbocycles. The van der Waals surface area contributed by atoms with Gasteiger partial charge < -0.3 is 0 Å². The summed E-state index contributed by atoms with van der Waals surface area (Å²) in [6, 6.07) is 1.45. The Balaban J connectivity index is 1.78. The first-order valence-electron chi connectivity index (χ1n) is 8.36. The maximum atomic E-state index is 3.71. The molecule has 0 aromatic rings. The third-order valence-corrected chi connectivity index (χ3v) is 5.32. The molecule has 2 fully saturated rings. The van der Waals surface area contributed by atoms with Crippen molar-refractivity contribution in [1.82, 2.24) is 10.9 Å². The van der Waals surface area contributed by atoms with E-state index >= 15 is 0 Å². The lowest BCUT2D eigenvalue weighted by atomic mass is 9.82. The van der Waals surface area contributed by atoms with E-state index in [1.54, 1.807) is 0 Å². The fourth-order valence-electron chi connectivity index (χ4n) is 3.99.